The minimum atomic E-state index is -0.581. The van der Waals surface area contributed by atoms with Crippen LogP contribution < -0.4 is 26.0 Å². The van der Waals surface area contributed by atoms with Crippen LogP contribution in [0.2, 0.25) is 5.02 Å². The molecule has 2 bridgehead atoms. The zero-order valence-electron chi connectivity index (χ0n) is 18.0. The Hall–Kier alpha value is -1.90. The van der Waals surface area contributed by atoms with Crippen molar-refractivity contribution < 1.29 is 18.7 Å². The molecule has 2 aliphatic heterocycles. The van der Waals surface area contributed by atoms with Crippen LogP contribution in [0.25, 0.3) is 0 Å². The zero-order chi connectivity index (χ0) is 22.3. The SMILES string of the molecule is O=C(COc1ccc(Cl)c(F)c1)NC12CC(C1)C(NC(=O)C1CCC3NCCCC3N1)C2. The molecular weight excluding hydrogens is 435 g/mol. The lowest BCUT2D eigenvalue weighted by Gasteiger charge is -2.41. The quantitative estimate of drug-likeness (QED) is 0.516. The summed E-state index contributed by atoms with van der Waals surface area (Å²) in [5.74, 6) is -0.0740. The first-order chi connectivity index (χ1) is 15.4. The summed E-state index contributed by atoms with van der Waals surface area (Å²) in [5.41, 5.74) is -0.271. The molecule has 0 aromatic heterocycles. The van der Waals surface area contributed by atoms with Gasteiger partial charge in [-0.2, -0.15) is 0 Å². The van der Waals surface area contributed by atoms with Gasteiger partial charge in [-0.3, -0.25) is 9.59 Å². The number of hydrogen-bond donors (Lipinski definition) is 4. The second-order valence-electron chi connectivity index (χ2n) is 9.79. The molecule has 6 rings (SSSR count). The van der Waals surface area contributed by atoms with Crippen molar-refractivity contribution in [2.45, 2.75) is 74.7 Å². The Morgan fingerprint density at radius 3 is 2.84 bits per heavy atom. The molecule has 1 aromatic carbocycles. The number of hydrogen-bond acceptors (Lipinski definition) is 5. The fraction of sp³-hybridized carbons (Fsp3) is 0.652. The van der Waals surface area contributed by atoms with Crippen molar-refractivity contribution in [3.63, 3.8) is 0 Å². The minimum absolute atomic E-state index is 0.0129. The molecule has 2 saturated heterocycles. The van der Waals surface area contributed by atoms with Gasteiger partial charge in [0, 0.05) is 29.7 Å². The fourth-order valence-corrected chi connectivity index (χ4v) is 6.10. The van der Waals surface area contributed by atoms with Gasteiger partial charge in [-0.15, -0.1) is 0 Å². The van der Waals surface area contributed by atoms with E-state index in [0.29, 0.717) is 18.0 Å². The predicted molar refractivity (Wildman–Crippen MR) is 118 cm³/mol. The van der Waals surface area contributed by atoms with E-state index < -0.39 is 5.82 Å². The van der Waals surface area contributed by atoms with E-state index in [9.17, 15) is 14.0 Å². The summed E-state index contributed by atoms with van der Waals surface area (Å²) in [6.07, 6.45) is 6.62. The van der Waals surface area contributed by atoms with Gasteiger partial charge in [0.1, 0.15) is 11.6 Å². The topological polar surface area (TPSA) is 91.5 Å². The van der Waals surface area contributed by atoms with Crippen molar-refractivity contribution in [3.8, 4) is 5.75 Å². The Bertz CT molecular complexity index is 894. The van der Waals surface area contributed by atoms with E-state index in [1.807, 2.05) is 0 Å². The van der Waals surface area contributed by atoms with E-state index in [1.54, 1.807) is 0 Å². The highest BCUT2D eigenvalue weighted by Crippen LogP contribution is 2.52. The van der Waals surface area contributed by atoms with E-state index in [-0.39, 0.29) is 46.8 Å². The molecule has 9 heteroatoms. The highest BCUT2D eigenvalue weighted by atomic mass is 35.5. The van der Waals surface area contributed by atoms with Crippen LogP contribution in [-0.2, 0) is 9.59 Å². The van der Waals surface area contributed by atoms with Gasteiger partial charge in [0.15, 0.2) is 6.61 Å². The highest BCUT2D eigenvalue weighted by Gasteiger charge is 2.57. The van der Waals surface area contributed by atoms with Crippen molar-refractivity contribution in [2.75, 3.05) is 13.2 Å². The fourth-order valence-electron chi connectivity index (χ4n) is 5.99. The third-order valence-electron chi connectivity index (χ3n) is 7.56. The number of carbonyl (C=O) groups excluding carboxylic acids is 2. The number of amides is 2. The molecule has 0 radical (unpaired) electrons. The molecule has 174 valence electrons. The van der Waals surface area contributed by atoms with E-state index in [2.05, 4.69) is 21.3 Å². The number of rotatable bonds is 6. The van der Waals surface area contributed by atoms with Gasteiger partial charge in [0.2, 0.25) is 5.91 Å². The van der Waals surface area contributed by atoms with Crippen molar-refractivity contribution in [2.24, 2.45) is 5.92 Å². The lowest BCUT2D eigenvalue weighted by Crippen LogP contribution is -2.62. The molecule has 5 fully saturated rings. The van der Waals surface area contributed by atoms with Crippen molar-refractivity contribution >= 4 is 23.4 Å². The number of nitrogens with one attached hydrogen (secondary N) is 4. The minimum Gasteiger partial charge on any atom is -0.484 e. The first kappa shape index (κ1) is 21.9. The summed E-state index contributed by atoms with van der Waals surface area (Å²) in [6, 6.07) is 4.92. The summed E-state index contributed by atoms with van der Waals surface area (Å²) in [5, 5.41) is 13.4. The van der Waals surface area contributed by atoms with Crippen molar-refractivity contribution in [3.05, 3.63) is 29.0 Å². The second kappa shape index (κ2) is 8.80. The van der Waals surface area contributed by atoms with Gasteiger partial charge in [-0.25, -0.2) is 4.39 Å². The number of carbonyl (C=O) groups is 2. The Kier molecular flexibility index (Phi) is 6.03. The molecule has 32 heavy (non-hydrogen) atoms. The monoisotopic (exact) mass is 464 g/mol. The molecule has 3 saturated carbocycles. The first-order valence-corrected chi connectivity index (χ1v) is 12.0. The highest BCUT2D eigenvalue weighted by molar-refractivity contribution is 6.30. The molecule has 7 nitrogen and oxygen atoms in total. The van der Waals surface area contributed by atoms with Crippen LogP contribution in [-0.4, -0.2) is 54.7 Å². The smallest absolute Gasteiger partial charge is 0.258 e. The predicted octanol–water partition coefficient (Wildman–Crippen LogP) is 1.88. The van der Waals surface area contributed by atoms with Gasteiger partial charge in [0.05, 0.1) is 11.1 Å². The van der Waals surface area contributed by atoms with Gasteiger partial charge in [-0.1, -0.05) is 11.6 Å². The van der Waals surface area contributed by atoms with Gasteiger partial charge in [-0.05, 0) is 69.5 Å². The Labute approximate surface area is 192 Å². The molecule has 0 spiro atoms. The molecule has 2 amide bonds. The van der Waals surface area contributed by atoms with Crippen molar-refractivity contribution in [1.29, 1.82) is 0 Å². The average molecular weight is 465 g/mol. The first-order valence-electron chi connectivity index (χ1n) is 11.6. The zero-order valence-corrected chi connectivity index (χ0v) is 18.7. The number of ether oxygens (including phenoxy) is 1. The lowest BCUT2D eigenvalue weighted by atomic mass is 9.76. The molecule has 4 N–H and O–H groups in total. The van der Waals surface area contributed by atoms with Crippen LogP contribution in [0.5, 0.6) is 5.75 Å². The van der Waals surface area contributed by atoms with E-state index >= 15 is 0 Å². The van der Waals surface area contributed by atoms with E-state index in [0.717, 1.165) is 51.5 Å². The van der Waals surface area contributed by atoms with Gasteiger partial charge < -0.3 is 26.0 Å². The molecule has 5 aliphatic rings. The summed E-state index contributed by atoms with van der Waals surface area (Å²) < 4.78 is 18.9. The maximum atomic E-state index is 13.5. The molecule has 4 unspecified atom stereocenters. The second-order valence-corrected chi connectivity index (χ2v) is 10.2. The summed E-state index contributed by atoms with van der Waals surface area (Å²) in [7, 11) is 0. The summed E-state index contributed by atoms with van der Waals surface area (Å²) >= 11 is 5.66. The van der Waals surface area contributed by atoms with Gasteiger partial charge >= 0.3 is 0 Å². The summed E-state index contributed by atoms with van der Waals surface area (Å²) in [4.78, 5) is 25.3. The normalized spacial score (nSPS) is 35.4. The third kappa shape index (κ3) is 4.45. The number of fused-ring (bicyclic) bond motifs is 2. The molecule has 4 atom stereocenters. The van der Waals surface area contributed by atoms with Gasteiger partial charge in [0.25, 0.3) is 5.91 Å². The average Bonchev–Trinajstić information content (AvgIpc) is 3.27. The Balaban J connectivity index is 1.08. The molecule has 2 heterocycles. The van der Waals surface area contributed by atoms with Crippen LogP contribution >= 0.6 is 11.6 Å². The molecule has 1 aromatic rings. The van der Waals surface area contributed by atoms with Crippen LogP contribution in [0.1, 0.15) is 44.9 Å². The van der Waals surface area contributed by atoms with Crippen LogP contribution in [0, 0.1) is 11.7 Å². The lowest BCUT2D eigenvalue weighted by molar-refractivity contribution is -0.126. The molecular formula is C23H30ClFN4O3. The van der Waals surface area contributed by atoms with Crippen LogP contribution in [0.3, 0.4) is 0 Å². The third-order valence-corrected chi connectivity index (χ3v) is 7.87. The number of piperidine rings is 2. The summed E-state index contributed by atoms with van der Waals surface area (Å²) in [6.45, 7) is 0.881. The standard InChI is InChI=1S/C23H30ClFN4O3/c24-15-4-3-14(8-16(15)25)32-12-21(30)29-23-9-13(10-23)20(11-23)28-22(31)19-6-5-17-18(27-19)2-1-7-26-17/h3-4,8,13,17-20,26-27H,1-2,5-7,9-12H2,(H,28,31)(H,29,30). The Morgan fingerprint density at radius 2 is 2.03 bits per heavy atom. The van der Waals surface area contributed by atoms with Crippen LogP contribution in [0.4, 0.5) is 4.39 Å². The maximum absolute atomic E-state index is 13.5. The Morgan fingerprint density at radius 1 is 1.19 bits per heavy atom. The van der Waals surface area contributed by atoms with Crippen LogP contribution in [0.15, 0.2) is 18.2 Å². The van der Waals surface area contributed by atoms with Crippen molar-refractivity contribution in [1.82, 2.24) is 21.3 Å². The largest absolute Gasteiger partial charge is 0.484 e. The molecule has 3 aliphatic carbocycles. The maximum Gasteiger partial charge on any atom is 0.258 e. The number of benzene rings is 1. The number of halogens is 2. The van der Waals surface area contributed by atoms with E-state index in [1.165, 1.54) is 18.2 Å². The van der Waals surface area contributed by atoms with E-state index in [4.69, 9.17) is 16.3 Å².